The van der Waals surface area contributed by atoms with Gasteiger partial charge in [-0.25, -0.2) is 9.37 Å². The molecule has 2 aromatic rings. The lowest BCUT2D eigenvalue weighted by molar-refractivity contribution is 0.415. The summed E-state index contributed by atoms with van der Waals surface area (Å²) in [6.45, 7) is 1.98. The summed E-state index contributed by atoms with van der Waals surface area (Å²) in [6, 6.07) is 4.59. The van der Waals surface area contributed by atoms with Crippen molar-refractivity contribution < 1.29 is 9.13 Å². The van der Waals surface area contributed by atoms with Crippen molar-refractivity contribution in [2.45, 2.75) is 13.3 Å². The highest BCUT2D eigenvalue weighted by Gasteiger charge is 2.09. The van der Waals surface area contributed by atoms with E-state index in [4.69, 9.17) is 10.5 Å². The summed E-state index contributed by atoms with van der Waals surface area (Å²) in [5.74, 6) is 0.544. The Kier molecular flexibility index (Phi) is 2.64. The molecule has 0 saturated carbocycles. The van der Waals surface area contributed by atoms with Crippen LogP contribution in [0.4, 0.5) is 10.2 Å². The molecule has 0 fully saturated rings. The first-order valence-electron chi connectivity index (χ1n) is 5.08. The molecule has 0 aliphatic carbocycles. The van der Waals surface area contributed by atoms with Gasteiger partial charge < -0.3 is 10.5 Å². The number of benzene rings is 1. The van der Waals surface area contributed by atoms with Crippen LogP contribution in [0.2, 0.25) is 0 Å². The Labute approximate surface area is 93.0 Å². The fraction of sp³-hybridized carbons (Fsp3) is 0.250. The molecule has 2 N–H and O–H groups in total. The summed E-state index contributed by atoms with van der Waals surface area (Å²) < 4.78 is 18.4. The van der Waals surface area contributed by atoms with Gasteiger partial charge in [0, 0.05) is 11.5 Å². The Hall–Kier alpha value is -1.84. The lowest BCUT2D eigenvalue weighted by Gasteiger charge is -2.08. The topological polar surface area (TPSA) is 48.1 Å². The number of methoxy groups -OCH3 is 1. The molecule has 84 valence electrons. The van der Waals surface area contributed by atoms with Crippen LogP contribution in [0.5, 0.6) is 5.75 Å². The molecule has 0 aliphatic heterocycles. The van der Waals surface area contributed by atoms with Gasteiger partial charge in [0.15, 0.2) is 0 Å². The average molecular weight is 220 g/mol. The van der Waals surface area contributed by atoms with Gasteiger partial charge in [0.05, 0.1) is 7.11 Å². The highest BCUT2D eigenvalue weighted by Crippen LogP contribution is 2.28. The summed E-state index contributed by atoms with van der Waals surface area (Å²) in [4.78, 5) is 4.24. The van der Waals surface area contributed by atoms with Gasteiger partial charge >= 0.3 is 0 Å². The number of pyridine rings is 1. The second-order valence-electron chi connectivity index (χ2n) is 3.57. The molecule has 0 bridgehead atoms. The van der Waals surface area contributed by atoms with Gasteiger partial charge in [-0.3, -0.25) is 0 Å². The van der Waals surface area contributed by atoms with E-state index in [0.29, 0.717) is 22.5 Å². The molecule has 0 unspecified atom stereocenters. The van der Waals surface area contributed by atoms with E-state index in [-0.39, 0.29) is 5.82 Å². The van der Waals surface area contributed by atoms with Gasteiger partial charge in [0.2, 0.25) is 0 Å². The number of nitrogen functional groups attached to an aromatic ring is 1. The summed E-state index contributed by atoms with van der Waals surface area (Å²) in [7, 11) is 1.49. The number of fused-ring (bicyclic) bond motifs is 1. The number of rotatable bonds is 2. The van der Waals surface area contributed by atoms with Crippen molar-refractivity contribution in [3.63, 3.8) is 0 Å². The lowest BCUT2D eigenvalue weighted by Crippen LogP contribution is -1.99. The number of nitrogens with two attached hydrogens (primary N) is 1. The molecule has 3 nitrogen and oxygen atoms in total. The fourth-order valence-electron chi connectivity index (χ4n) is 1.72. The summed E-state index contributed by atoms with van der Waals surface area (Å²) in [5.41, 5.74) is 7.31. The van der Waals surface area contributed by atoms with Crippen molar-refractivity contribution in [3.05, 3.63) is 29.6 Å². The second kappa shape index (κ2) is 3.96. The quantitative estimate of drug-likeness (QED) is 0.846. The number of hydrogen-bond donors (Lipinski definition) is 1. The van der Waals surface area contributed by atoms with Crippen LogP contribution >= 0.6 is 0 Å². The molecule has 2 rings (SSSR count). The van der Waals surface area contributed by atoms with Gasteiger partial charge in [-0.15, -0.1) is 0 Å². The minimum Gasteiger partial charge on any atom is -0.494 e. The van der Waals surface area contributed by atoms with Crippen LogP contribution in [0, 0.1) is 5.82 Å². The van der Waals surface area contributed by atoms with E-state index in [9.17, 15) is 4.39 Å². The summed E-state index contributed by atoms with van der Waals surface area (Å²) in [5, 5.41) is 0.711. The van der Waals surface area contributed by atoms with E-state index in [0.717, 1.165) is 12.0 Å². The van der Waals surface area contributed by atoms with Gasteiger partial charge in [-0.2, -0.15) is 0 Å². The van der Waals surface area contributed by atoms with E-state index in [1.807, 2.05) is 13.0 Å². The molecule has 16 heavy (non-hydrogen) atoms. The average Bonchev–Trinajstić information content (AvgIpc) is 2.28. The van der Waals surface area contributed by atoms with E-state index in [2.05, 4.69) is 4.98 Å². The van der Waals surface area contributed by atoms with Crippen LogP contribution in [0.15, 0.2) is 18.2 Å². The molecule has 0 spiro atoms. The molecule has 0 aliphatic rings. The maximum absolute atomic E-state index is 13.3. The lowest BCUT2D eigenvalue weighted by atomic mass is 10.1. The maximum Gasteiger partial charge on any atom is 0.148 e. The summed E-state index contributed by atoms with van der Waals surface area (Å²) in [6.07, 6.45) is 0.771. The van der Waals surface area contributed by atoms with E-state index in [1.54, 1.807) is 0 Å². The first-order chi connectivity index (χ1) is 7.65. The van der Waals surface area contributed by atoms with Crippen molar-refractivity contribution in [2.24, 2.45) is 0 Å². The smallest absolute Gasteiger partial charge is 0.148 e. The first kappa shape index (κ1) is 10.7. The number of anilines is 1. The van der Waals surface area contributed by atoms with Crippen LogP contribution in [0.1, 0.15) is 12.5 Å². The monoisotopic (exact) mass is 220 g/mol. The molecular weight excluding hydrogens is 207 g/mol. The predicted octanol–water partition coefficient (Wildman–Crippen LogP) is 2.53. The minimum atomic E-state index is -0.335. The molecule has 4 heteroatoms. The molecule has 1 heterocycles. The number of aryl methyl sites for hydroxylation is 1. The number of ether oxygens (including phenoxy) is 1. The van der Waals surface area contributed by atoms with Crippen LogP contribution in [0.25, 0.3) is 10.9 Å². The molecule has 0 atom stereocenters. The van der Waals surface area contributed by atoms with E-state index >= 15 is 0 Å². The molecule has 0 amide bonds. The highest BCUT2D eigenvalue weighted by molar-refractivity contribution is 5.86. The number of nitrogens with zero attached hydrogens (tertiary/aromatic N) is 1. The number of halogens is 1. The Morgan fingerprint density at radius 3 is 2.75 bits per heavy atom. The highest BCUT2D eigenvalue weighted by atomic mass is 19.1. The Morgan fingerprint density at radius 1 is 1.38 bits per heavy atom. The van der Waals surface area contributed by atoms with Gasteiger partial charge in [0.25, 0.3) is 0 Å². The van der Waals surface area contributed by atoms with Crippen LogP contribution in [0.3, 0.4) is 0 Å². The molecular formula is C12H13FN2O. The maximum atomic E-state index is 13.3. The zero-order valence-electron chi connectivity index (χ0n) is 9.25. The third-order valence-electron chi connectivity index (χ3n) is 2.56. The van der Waals surface area contributed by atoms with Gasteiger partial charge in [0.1, 0.15) is 22.9 Å². The van der Waals surface area contributed by atoms with Crippen molar-refractivity contribution >= 4 is 16.7 Å². The molecule has 0 radical (unpaired) electrons. The van der Waals surface area contributed by atoms with Gasteiger partial charge in [-0.1, -0.05) is 6.92 Å². The van der Waals surface area contributed by atoms with Gasteiger partial charge in [-0.05, 0) is 24.1 Å². The Morgan fingerprint density at radius 2 is 2.12 bits per heavy atom. The van der Waals surface area contributed by atoms with Crippen molar-refractivity contribution in [1.29, 1.82) is 0 Å². The van der Waals surface area contributed by atoms with E-state index < -0.39 is 0 Å². The van der Waals surface area contributed by atoms with Crippen LogP contribution in [-0.4, -0.2) is 12.1 Å². The second-order valence-corrected chi connectivity index (χ2v) is 3.57. The molecule has 0 saturated heterocycles. The van der Waals surface area contributed by atoms with E-state index in [1.165, 1.54) is 19.2 Å². The standard InChI is InChI=1S/C12H13FN2O/c1-3-7-4-8-5-9(13)6-10(16-2)11(8)15-12(7)14/h4-6H,3H2,1-2H3,(H2,14,15). The predicted molar refractivity (Wildman–Crippen MR) is 62.0 cm³/mol. The zero-order valence-corrected chi connectivity index (χ0v) is 9.25. The van der Waals surface area contributed by atoms with Crippen LogP contribution < -0.4 is 10.5 Å². The SMILES string of the molecule is CCc1cc2cc(F)cc(OC)c2nc1N. The van der Waals surface area contributed by atoms with Crippen molar-refractivity contribution in [2.75, 3.05) is 12.8 Å². The minimum absolute atomic E-state index is 0.335. The third-order valence-corrected chi connectivity index (χ3v) is 2.56. The number of aromatic nitrogens is 1. The Bertz CT molecular complexity index is 540. The summed E-state index contributed by atoms with van der Waals surface area (Å²) >= 11 is 0. The number of hydrogen-bond acceptors (Lipinski definition) is 3. The largest absolute Gasteiger partial charge is 0.494 e. The zero-order chi connectivity index (χ0) is 11.7. The van der Waals surface area contributed by atoms with Crippen molar-refractivity contribution in [3.8, 4) is 5.75 Å². The fourth-order valence-corrected chi connectivity index (χ4v) is 1.72. The Balaban J connectivity index is 2.79. The van der Waals surface area contributed by atoms with Crippen LogP contribution in [-0.2, 0) is 6.42 Å². The normalized spacial score (nSPS) is 10.7. The molecule has 1 aromatic heterocycles. The third kappa shape index (κ3) is 1.66. The first-order valence-corrected chi connectivity index (χ1v) is 5.08. The van der Waals surface area contributed by atoms with Crippen molar-refractivity contribution in [1.82, 2.24) is 4.98 Å². The molecule has 1 aromatic carbocycles.